The van der Waals surface area contributed by atoms with Crippen molar-refractivity contribution in [3.05, 3.63) is 0 Å². The van der Waals surface area contributed by atoms with Crippen LogP contribution < -0.4 is 5.32 Å². The van der Waals surface area contributed by atoms with Gasteiger partial charge in [-0.3, -0.25) is 5.32 Å². The van der Waals surface area contributed by atoms with Gasteiger partial charge in [-0.05, 0) is 58.5 Å². The molecule has 1 N–H and O–H groups in total. The summed E-state index contributed by atoms with van der Waals surface area (Å²) in [7, 11) is 2.24. The number of unbranched alkanes of at least 4 members (excludes halogenated alkanes) is 2. The Morgan fingerprint density at radius 3 is 2.74 bits per heavy atom. The molecule has 0 saturated heterocycles. The van der Waals surface area contributed by atoms with Crippen molar-refractivity contribution in [3.8, 4) is 6.07 Å². The monoisotopic (exact) mass is 263 g/mol. The number of hydrogen-bond donors (Lipinski definition) is 1. The molecule has 108 valence electrons. The third-order valence-electron chi connectivity index (χ3n) is 4.73. The SMILES string of the molecule is CCCCCN(C)C1CCCC(C#N)(NC2CC2)C1. The molecule has 3 heteroatoms. The maximum atomic E-state index is 9.60. The highest BCUT2D eigenvalue weighted by atomic mass is 15.1. The Morgan fingerprint density at radius 1 is 1.32 bits per heavy atom. The Kier molecular flexibility index (Phi) is 5.24. The molecule has 2 aliphatic rings. The highest BCUT2D eigenvalue weighted by molar-refractivity contribution is 5.13. The van der Waals surface area contributed by atoms with Gasteiger partial charge >= 0.3 is 0 Å². The van der Waals surface area contributed by atoms with Crippen LogP contribution in [0.2, 0.25) is 0 Å². The largest absolute Gasteiger partial charge is 0.303 e. The molecule has 0 heterocycles. The summed E-state index contributed by atoms with van der Waals surface area (Å²) in [6.07, 6.45) is 10.9. The van der Waals surface area contributed by atoms with Crippen LogP contribution >= 0.6 is 0 Å². The molecule has 0 radical (unpaired) electrons. The summed E-state index contributed by atoms with van der Waals surface area (Å²) in [6.45, 7) is 3.43. The van der Waals surface area contributed by atoms with Crippen LogP contribution in [-0.4, -0.2) is 36.1 Å². The molecule has 2 atom stereocenters. The van der Waals surface area contributed by atoms with Crippen LogP contribution in [-0.2, 0) is 0 Å². The van der Waals surface area contributed by atoms with Crippen molar-refractivity contribution in [1.29, 1.82) is 5.26 Å². The van der Waals surface area contributed by atoms with Crippen molar-refractivity contribution < 1.29 is 0 Å². The van der Waals surface area contributed by atoms with Gasteiger partial charge in [0.1, 0.15) is 5.54 Å². The van der Waals surface area contributed by atoms with Gasteiger partial charge in [0.25, 0.3) is 0 Å². The van der Waals surface area contributed by atoms with Crippen molar-refractivity contribution in [2.45, 2.75) is 82.3 Å². The summed E-state index contributed by atoms with van der Waals surface area (Å²) >= 11 is 0. The summed E-state index contributed by atoms with van der Waals surface area (Å²) in [5, 5.41) is 13.2. The molecule has 0 aromatic rings. The van der Waals surface area contributed by atoms with Crippen LogP contribution in [0, 0.1) is 11.3 Å². The number of hydrogen-bond acceptors (Lipinski definition) is 3. The standard InChI is InChI=1S/C16H29N3/c1-3-4-5-11-19(2)15-7-6-10-16(12-15,13-17)18-14-8-9-14/h14-15,18H,3-12H2,1-2H3. The molecule has 3 nitrogen and oxygen atoms in total. The van der Waals surface area contributed by atoms with Gasteiger partial charge in [-0.1, -0.05) is 19.8 Å². The lowest BCUT2D eigenvalue weighted by Gasteiger charge is -2.40. The van der Waals surface area contributed by atoms with Gasteiger partial charge in [-0.15, -0.1) is 0 Å². The number of nitrogens with zero attached hydrogens (tertiary/aromatic N) is 2. The molecule has 0 spiro atoms. The van der Waals surface area contributed by atoms with E-state index in [1.54, 1.807) is 0 Å². The number of rotatable bonds is 7. The van der Waals surface area contributed by atoms with E-state index in [9.17, 15) is 5.26 Å². The Hall–Kier alpha value is -0.590. The third-order valence-corrected chi connectivity index (χ3v) is 4.73. The normalized spacial score (nSPS) is 31.4. The highest BCUT2D eigenvalue weighted by Gasteiger charge is 2.41. The first kappa shape index (κ1) is 14.8. The first-order valence-corrected chi connectivity index (χ1v) is 8.08. The fourth-order valence-electron chi connectivity index (χ4n) is 3.30. The van der Waals surface area contributed by atoms with E-state index in [1.165, 1.54) is 51.5 Å². The second-order valence-electron chi connectivity index (χ2n) is 6.55. The van der Waals surface area contributed by atoms with Crippen molar-refractivity contribution in [2.75, 3.05) is 13.6 Å². The molecule has 0 aromatic carbocycles. The average Bonchev–Trinajstić information content (AvgIpc) is 3.23. The van der Waals surface area contributed by atoms with Gasteiger partial charge < -0.3 is 4.90 Å². The Morgan fingerprint density at radius 2 is 2.11 bits per heavy atom. The number of nitrogens with one attached hydrogen (secondary N) is 1. The molecule has 2 unspecified atom stereocenters. The fourth-order valence-corrected chi connectivity index (χ4v) is 3.30. The van der Waals surface area contributed by atoms with Gasteiger partial charge in [0.2, 0.25) is 0 Å². The van der Waals surface area contributed by atoms with E-state index in [0.29, 0.717) is 12.1 Å². The van der Waals surface area contributed by atoms with E-state index >= 15 is 0 Å². The first-order chi connectivity index (χ1) is 9.19. The van der Waals surface area contributed by atoms with Crippen LogP contribution in [0.5, 0.6) is 0 Å². The molecule has 2 fully saturated rings. The van der Waals surface area contributed by atoms with E-state index < -0.39 is 0 Å². The van der Waals surface area contributed by atoms with E-state index in [2.05, 4.69) is 30.3 Å². The maximum absolute atomic E-state index is 9.60. The van der Waals surface area contributed by atoms with E-state index in [1.807, 2.05) is 0 Å². The molecule has 2 aliphatic carbocycles. The fraction of sp³-hybridized carbons (Fsp3) is 0.938. The van der Waals surface area contributed by atoms with Crippen molar-refractivity contribution in [2.24, 2.45) is 0 Å². The van der Waals surface area contributed by atoms with E-state index in [-0.39, 0.29) is 5.54 Å². The predicted octanol–water partition coefficient (Wildman–Crippen LogP) is 3.07. The van der Waals surface area contributed by atoms with Gasteiger partial charge in [0.15, 0.2) is 0 Å². The second kappa shape index (κ2) is 6.72. The van der Waals surface area contributed by atoms with Crippen molar-refractivity contribution >= 4 is 0 Å². The lowest BCUT2D eigenvalue weighted by Crippen LogP contribution is -2.53. The molecule has 0 aromatic heterocycles. The van der Waals surface area contributed by atoms with Gasteiger partial charge in [-0.25, -0.2) is 0 Å². The molecular weight excluding hydrogens is 234 g/mol. The van der Waals surface area contributed by atoms with Crippen molar-refractivity contribution in [3.63, 3.8) is 0 Å². The zero-order valence-electron chi connectivity index (χ0n) is 12.6. The van der Waals surface area contributed by atoms with Crippen LogP contribution in [0.1, 0.15) is 64.7 Å². The van der Waals surface area contributed by atoms with Crippen LogP contribution in [0.3, 0.4) is 0 Å². The minimum atomic E-state index is -0.233. The zero-order chi connectivity index (χ0) is 13.7. The van der Waals surface area contributed by atoms with Crippen LogP contribution in [0.15, 0.2) is 0 Å². The Labute approximate surface area is 118 Å². The van der Waals surface area contributed by atoms with E-state index in [0.717, 1.165) is 12.8 Å². The van der Waals surface area contributed by atoms with Crippen LogP contribution in [0.25, 0.3) is 0 Å². The molecule has 0 amide bonds. The second-order valence-corrected chi connectivity index (χ2v) is 6.55. The van der Waals surface area contributed by atoms with Crippen molar-refractivity contribution in [1.82, 2.24) is 10.2 Å². The summed E-state index contributed by atoms with van der Waals surface area (Å²) < 4.78 is 0. The quantitative estimate of drug-likeness (QED) is 0.718. The summed E-state index contributed by atoms with van der Waals surface area (Å²) in [4.78, 5) is 2.50. The summed E-state index contributed by atoms with van der Waals surface area (Å²) in [5.41, 5.74) is -0.233. The zero-order valence-corrected chi connectivity index (χ0v) is 12.6. The topological polar surface area (TPSA) is 39.1 Å². The number of nitriles is 1. The van der Waals surface area contributed by atoms with Gasteiger partial charge in [-0.2, -0.15) is 5.26 Å². The molecule has 19 heavy (non-hydrogen) atoms. The predicted molar refractivity (Wildman–Crippen MR) is 78.9 cm³/mol. The summed E-state index contributed by atoms with van der Waals surface area (Å²) in [5.74, 6) is 0. The van der Waals surface area contributed by atoms with E-state index in [4.69, 9.17) is 0 Å². The van der Waals surface area contributed by atoms with Crippen LogP contribution in [0.4, 0.5) is 0 Å². The maximum Gasteiger partial charge on any atom is 0.108 e. The Bertz CT molecular complexity index is 318. The smallest absolute Gasteiger partial charge is 0.108 e. The minimum absolute atomic E-state index is 0.233. The molecule has 2 rings (SSSR count). The lowest BCUT2D eigenvalue weighted by molar-refractivity contribution is 0.141. The average molecular weight is 263 g/mol. The lowest BCUT2D eigenvalue weighted by atomic mass is 9.79. The molecular formula is C16H29N3. The Balaban J connectivity index is 1.85. The summed E-state index contributed by atoms with van der Waals surface area (Å²) in [6, 6.07) is 3.83. The minimum Gasteiger partial charge on any atom is -0.303 e. The first-order valence-electron chi connectivity index (χ1n) is 8.08. The van der Waals surface area contributed by atoms with Gasteiger partial charge in [0.05, 0.1) is 6.07 Å². The highest BCUT2D eigenvalue weighted by Crippen LogP contribution is 2.34. The molecule has 0 bridgehead atoms. The van der Waals surface area contributed by atoms with Gasteiger partial charge in [0, 0.05) is 12.1 Å². The molecule has 2 saturated carbocycles. The third kappa shape index (κ3) is 4.19. The molecule has 0 aliphatic heterocycles.